The summed E-state index contributed by atoms with van der Waals surface area (Å²) < 4.78 is 20.8. The normalized spacial score (nSPS) is 14.1. The van der Waals surface area contributed by atoms with E-state index >= 15 is 0 Å². The second-order valence-corrected chi connectivity index (χ2v) is 19.2. The number of rotatable bonds is 16. The highest BCUT2D eigenvalue weighted by Crippen LogP contribution is 2.27. The Kier molecular flexibility index (Phi) is 14.8. The van der Waals surface area contributed by atoms with Gasteiger partial charge in [0.15, 0.2) is 11.6 Å². The first kappa shape index (κ1) is 48.5. The molecule has 8 aromatic rings. The van der Waals surface area contributed by atoms with Gasteiger partial charge in [0, 0.05) is 60.1 Å². The Morgan fingerprint density at radius 1 is 0.634 bits per heavy atom. The van der Waals surface area contributed by atoms with Gasteiger partial charge in [-0.3, -0.25) is 19.3 Å². The minimum absolute atomic E-state index is 0.0185. The summed E-state index contributed by atoms with van der Waals surface area (Å²) in [5.74, 6) is 3.44. The van der Waals surface area contributed by atoms with E-state index in [9.17, 15) is 4.79 Å². The summed E-state index contributed by atoms with van der Waals surface area (Å²) in [6, 6.07) is 15.7. The van der Waals surface area contributed by atoms with Crippen molar-refractivity contribution in [2.24, 2.45) is 0 Å². The van der Waals surface area contributed by atoms with Gasteiger partial charge in [0.05, 0.1) is 98.5 Å². The van der Waals surface area contributed by atoms with E-state index in [0.29, 0.717) is 74.1 Å². The third-order valence-corrected chi connectivity index (χ3v) is 11.8. The number of ether oxygens (including phenoxy) is 3. The van der Waals surface area contributed by atoms with Crippen LogP contribution in [0.2, 0.25) is 0 Å². The number of amides is 1. The maximum absolute atomic E-state index is 12.1. The van der Waals surface area contributed by atoms with Crippen LogP contribution in [0.25, 0.3) is 44.3 Å². The van der Waals surface area contributed by atoms with Gasteiger partial charge in [-0.25, -0.2) is 14.8 Å². The van der Waals surface area contributed by atoms with Crippen molar-refractivity contribution in [1.82, 2.24) is 70.1 Å². The predicted octanol–water partition coefficient (Wildman–Crippen LogP) is 7.92. The molecule has 0 saturated carbocycles. The Morgan fingerprint density at radius 3 is 1.58 bits per heavy atom. The zero-order valence-corrected chi connectivity index (χ0v) is 41.2. The summed E-state index contributed by atoms with van der Waals surface area (Å²) >= 11 is 0. The van der Waals surface area contributed by atoms with Gasteiger partial charge in [0.2, 0.25) is 0 Å². The van der Waals surface area contributed by atoms with Crippen LogP contribution >= 0.6 is 0 Å². The van der Waals surface area contributed by atoms with E-state index in [1.54, 1.807) is 17.3 Å². The number of carbonyl (C=O) groups is 1. The van der Waals surface area contributed by atoms with Crippen LogP contribution in [-0.2, 0) is 27.3 Å². The molecule has 0 aromatic carbocycles. The van der Waals surface area contributed by atoms with E-state index < -0.39 is 5.60 Å². The summed E-state index contributed by atoms with van der Waals surface area (Å²) in [6.07, 6.45) is 14.9. The van der Waals surface area contributed by atoms with Crippen LogP contribution in [0.1, 0.15) is 71.4 Å². The number of pyridine rings is 4. The van der Waals surface area contributed by atoms with Gasteiger partial charge in [-0.15, -0.1) is 10.2 Å². The van der Waals surface area contributed by atoms with Crippen LogP contribution in [0, 0.1) is 0 Å². The predicted molar refractivity (Wildman–Crippen MR) is 270 cm³/mol. The molecule has 20 nitrogen and oxygen atoms in total. The molecule has 2 aliphatic rings. The molecular formula is C51H60N16O4. The standard InChI is InChI=1S/C28H34N8O3.C23H26N8O/c1-18(2)19-11-26(34-30-13-19)33-25-7-6-23-24(32-25)10-20(12-29-23)21-14-31-36(15-21)8-9-38-22-16-35(17-22)27(37)39-28(3,4)5;1-15(2)16-8-23(30-26-10-16)29-22-4-3-20-21(28-22)7-17(9-25-20)18-11-27-31(14-18)5-6-32-19-12-24-13-19/h6-7,10-15,18,22H,8-9,16-17H2,1-5H3,(H,32,33,34);3-4,7-11,14-15,19,24H,5-6,12-13H2,1-2H3,(H,28,29,30). The molecule has 2 aliphatic heterocycles. The first-order valence-electron chi connectivity index (χ1n) is 24.0. The van der Waals surface area contributed by atoms with Gasteiger partial charge in [0.25, 0.3) is 0 Å². The Hall–Kier alpha value is -7.55. The molecule has 3 N–H and O–H groups in total. The lowest BCUT2D eigenvalue weighted by Crippen LogP contribution is -2.56. The molecule has 20 heteroatoms. The van der Waals surface area contributed by atoms with Crippen LogP contribution in [0.5, 0.6) is 0 Å². The van der Waals surface area contributed by atoms with Crippen molar-refractivity contribution in [1.29, 1.82) is 0 Å². The van der Waals surface area contributed by atoms with Gasteiger partial charge >= 0.3 is 6.09 Å². The third-order valence-electron chi connectivity index (χ3n) is 11.8. The highest BCUT2D eigenvalue weighted by Gasteiger charge is 2.34. The average Bonchev–Trinajstić information content (AvgIpc) is 4.00. The monoisotopic (exact) mass is 960 g/mol. The summed E-state index contributed by atoms with van der Waals surface area (Å²) in [4.78, 5) is 32.3. The lowest BCUT2D eigenvalue weighted by atomic mass is 10.1. The SMILES string of the molecule is CC(C)c1cnnc(Nc2ccc3ncc(-c4cnn(CCOC5CN(C(=O)OC(C)(C)C)C5)c4)cc3n2)c1.CC(C)c1cnnc(Nc2ccc3ncc(-c4cnn(CCOC5CNC5)c4)cc3n2)c1. The number of nitrogens with zero attached hydrogens (tertiary/aromatic N) is 13. The topological polar surface area (TPSA) is 223 Å². The lowest BCUT2D eigenvalue weighted by Gasteiger charge is -2.39. The molecule has 0 radical (unpaired) electrons. The molecule has 368 valence electrons. The second kappa shape index (κ2) is 21.6. The molecular weight excluding hydrogens is 901 g/mol. The van der Waals surface area contributed by atoms with Crippen LogP contribution in [-0.4, -0.2) is 128 Å². The van der Waals surface area contributed by atoms with E-state index in [-0.39, 0.29) is 12.2 Å². The number of nitrogens with one attached hydrogen (secondary N) is 3. The molecule has 0 aliphatic carbocycles. The van der Waals surface area contributed by atoms with E-state index in [4.69, 9.17) is 24.2 Å². The van der Waals surface area contributed by atoms with Crippen LogP contribution in [0.4, 0.5) is 28.1 Å². The van der Waals surface area contributed by atoms with Crippen molar-refractivity contribution >= 4 is 51.4 Å². The van der Waals surface area contributed by atoms with E-state index in [1.807, 2.05) is 116 Å². The fourth-order valence-electron chi connectivity index (χ4n) is 7.54. The molecule has 10 heterocycles. The Morgan fingerprint density at radius 2 is 1.13 bits per heavy atom. The minimum Gasteiger partial charge on any atom is -0.444 e. The Balaban J connectivity index is 0.000000179. The molecule has 8 aromatic heterocycles. The molecule has 0 spiro atoms. The minimum atomic E-state index is -0.494. The average molecular weight is 961 g/mol. The first-order chi connectivity index (χ1) is 34.3. The molecule has 10 rings (SSSR count). The first-order valence-corrected chi connectivity index (χ1v) is 24.0. The summed E-state index contributed by atoms with van der Waals surface area (Å²) in [5, 5.41) is 35.1. The fourth-order valence-corrected chi connectivity index (χ4v) is 7.54. The van der Waals surface area contributed by atoms with Crippen LogP contribution < -0.4 is 16.0 Å². The molecule has 1 amide bonds. The summed E-state index contributed by atoms with van der Waals surface area (Å²) in [5.41, 5.74) is 8.77. The quantitative estimate of drug-likeness (QED) is 0.0836. The van der Waals surface area contributed by atoms with Gasteiger partial charge in [0.1, 0.15) is 17.2 Å². The highest BCUT2D eigenvalue weighted by atomic mass is 16.6. The van der Waals surface area contributed by atoms with Crippen molar-refractivity contribution in [2.45, 2.75) is 91.2 Å². The number of fused-ring (bicyclic) bond motifs is 2. The second-order valence-electron chi connectivity index (χ2n) is 19.2. The largest absolute Gasteiger partial charge is 0.444 e. The zero-order chi connectivity index (χ0) is 49.5. The van der Waals surface area contributed by atoms with Gasteiger partial charge in [-0.2, -0.15) is 20.4 Å². The smallest absolute Gasteiger partial charge is 0.410 e. The molecule has 2 fully saturated rings. The molecule has 0 bridgehead atoms. The Labute approximate surface area is 412 Å². The fraction of sp³-hybridized carbons (Fsp3) is 0.392. The highest BCUT2D eigenvalue weighted by molar-refractivity contribution is 5.83. The van der Waals surface area contributed by atoms with Gasteiger partial charge in [-0.05, 0) is 92.3 Å². The van der Waals surface area contributed by atoms with Crippen molar-refractivity contribution in [2.75, 3.05) is 50.0 Å². The van der Waals surface area contributed by atoms with Crippen molar-refractivity contribution in [3.8, 4) is 22.3 Å². The molecule has 0 atom stereocenters. The molecule has 71 heavy (non-hydrogen) atoms. The number of anilines is 4. The zero-order valence-electron chi connectivity index (χ0n) is 41.2. The summed E-state index contributed by atoms with van der Waals surface area (Å²) in [7, 11) is 0. The van der Waals surface area contributed by atoms with Gasteiger partial charge < -0.3 is 35.1 Å². The maximum atomic E-state index is 12.1. The van der Waals surface area contributed by atoms with E-state index in [2.05, 4.69) is 84.2 Å². The number of hydrogen-bond acceptors (Lipinski definition) is 17. The van der Waals surface area contributed by atoms with Crippen LogP contribution in [0.15, 0.2) is 98.1 Å². The lowest BCUT2D eigenvalue weighted by molar-refractivity contribution is -0.0650. The number of carbonyl (C=O) groups excluding carboxylic acids is 1. The number of likely N-dealkylation sites (tertiary alicyclic amines) is 1. The van der Waals surface area contributed by atoms with Crippen LogP contribution in [0.3, 0.4) is 0 Å². The van der Waals surface area contributed by atoms with Crippen molar-refractivity contribution in [3.63, 3.8) is 0 Å². The number of aromatic nitrogens is 12. The van der Waals surface area contributed by atoms with Gasteiger partial charge in [-0.1, -0.05) is 27.7 Å². The van der Waals surface area contributed by atoms with E-state index in [0.717, 1.165) is 75.1 Å². The summed E-state index contributed by atoms with van der Waals surface area (Å²) in [6.45, 7) is 19.5. The number of hydrogen-bond donors (Lipinski definition) is 3. The van der Waals surface area contributed by atoms with E-state index in [1.165, 1.54) is 0 Å². The van der Waals surface area contributed by atoms with Crippen molar-refractivity contribution < 1.29 is 19.0 Å². The van der Waals surface area contributed by atoms with Crippen molar-refractivity contribution in [3.05, 3.63) is 109 Å². The Bertz CT molecular complexity index is 3090. The third kappa shape index (κ3) is 12.8. The molecule has 2 saturated heterocycles. The maximum Gasteiger partial charge on any atom is 0.410 e. The molecule has 0 unspecified atom stereocenters.